The molecule has 0 unspecified atom stereocenters. The molecule has 6 nitrogen and oxygen atoms in total. The van der Waals surface area contributed by atoms with Crippen LogP contribution in [0.2, 0.25) is 0 Å². The first-order chi connectivity index (χ1) is 10.7. The minimum absolute atomic E-state index is 0.177. The third-order valence-corrected chi connectivity index (χ3v) is 3.23. The third-order valence-electron chi connectivity index (χ3n) is 3.23. The number of amides is 1. The average Bonchev–Trinajstić information content (AvgIpc) is 2.84. The number of hydrogen-bond donors (Lipinski definition) is 1. The van der Waals surface area contributed by atoms with E-state index in [0.717, 1.165) is 22.4 Å². The number of aromatic nitrogens is 3. The van der Waals surface area contributed by atoms with E-state index in [9.17, 15) is 4.79 Å². The topological polar surface area (TPSA) is 72.2 Å². The molecule has 2 heterocycles. The Bertz CT molecular complexity index is 823. The second-order valence-electron chi connectivity index (χ2n) is 4.81. The molecule has 0 aliphatic carbocycles. The van der Waals surface area contributed by atoms with Gasteiger partial charge in [0.1, 0.15) is 12.4 Å². The molecule has 0 bridgehead atoms. The van der Waals surface area contributed by atoms with E-state index in [2.05, 4.69) is 20.5 Å². The van der Waals surface area contributed by atoms with Crippen LogP contribution < -0.4 is 5.43 Å². The molecule has 0 radical (unpaired) electrons. The van der Waals surface area contributed by atoms with Crippen LogP contribution in [0.4, 0.5) is 0 Å². The molecule has 110 valence electrons. The minimum atomic E-state index is -0.202. The van der Waals surface area contributed by atoms with E-state index >= 15 is 0 Å². The van der Waals surface area contributed by atoms with Crippen molar-refractivity contribution in [1.82, 2.24) is 20.0 Å². The van der Waals surface area contributed by atoms with Gasteiger partial charge in [-0.05, 0) is 25.1 Å². The predicted molar refractivity (Wildman–Crippen MR) is 84.4 cm³/mol. The molecule has 0 aliphatic rings. The van der Waals surface area contributed by atoms with E-state index in [1.807, 2.05) is 47.9 Å². The van der Waals surface area contributed by atoms with Crippen molar-refractivity contribution in [2.75, 3.05) is 0 Å². The summed E-state index contributed by atoms with van der Waals surface area (Å²) in [5.74, 6) is 0.596. The molecule has 2 aromatic heterocycles. The SMILES string of the molecule is Cc1nc2ccccc2n1CC(=O)N/N=C\c1cccnc1. The Balaban J connectivity index is 1.69. The van der Waals surface area contributed by atoms with E-state index in [1.54, 1.807) is 18.6 Å². The number of nitrogens with zero attached hydrogens (tertiary/aromatic N) is 4. The summed E-state index contributed by atoms with van der Waals surface area (Å²) < 4.78 is 1.87. The molecule has 1 amide bonds. The smallest absolute Gasteiger partial charge is 0.260 e. The Morgan fingerprint density at radius 3 is 3.00 bits per heavy atom. The second-order valence-corrected chi connectivity index (χ2v) is 4.81. The molecule has 22 heavy (non-hydrogen) atoms. The molecule has 6 heteroatoms. The molecular formula is C16H15N5O. The number of benzene rings is 1. The van der Waals surface area contributed by atoms with Gasteiger partial charge >= 0.3 is 0 Å². The molecule has 1 N–H and O–H groups in total. The zero-order chi connectivity index (χ0) is 15.4. The number of imidazole rings is 1. The Morgan fingerprint density at radius 2 is 2.18 bits per heavy atom. The molecule has 0 saturated carbocycles. The third kappa shape index (κ3) is 3.01. The van der Waals surface area contributed by atoms with Gasteiger partial charge in [0.25, 0.3) is 5.91 Å². The van der Waals surface area contributed by atoms with Gasteiger partial charge in [0.05, 0.1) is 17.2 Å². The van der Waals surface area contributed by atoms with Crippen LogP contribution in [0.5, 0.6) is 0 Å². The summed E-state index contributed by atoms with van der Waals surface area (Å²) in [4.78, 5) is 20.4. The van der Waals surface area contributed by atoms with Gasteiger partial charge in [-0.3, -0.25) is 9.78 Å². The summed E-state index contributed by atoms with van der Waals surface area (Å²) in [6.07, 6.45) is 4.91. The van der Waals surface area contributed by atoms with Gasteiger partial charge in [0, 0.05) is 18.0 Å². The quantitative estimate of drug-likeness (QED) is 0.590. The lowest BCUT2D eigenvalue weighted by Gasteiger charge is -2.05. The number of fused-ring (bicyclic) bond motifs is 1. The standard InChI is InChI=1S/C16H15N5O/c1-12-19-14-6-2-3-7-15(14)21(12)11-16(22)20-18-10-13-5-4-8-17-9-13/h2-10H,11H2,1H3,(H,20,22)/b18-10-. The highest BCUT2D eigenvalue weighted by molar-refractivity contribution is 5.83. The molecular weight excluding hydrogens is 278 g/mol. The number of rotatable bonds is 4. The van der Waals surface area contributed by atoms with E-state index < -0.39 is 0 Å². The summed E-state index contributed by atoms with van der Waals surface area (Å²) in [5, 5.41) is 3.93. The van der Waals surface area contributed by atoms with Crippen LogP contribution in [0.1, 0.15) is 11.4 Å². The Morgan fingerprint density at radius 1 is 1.32 bits per heavy atom. The van der Waals surface area contributed by atoms with Crippen molar-refractivity contribution in [1.29, 1.82) is 0 Å². The Kier molecular flexibility index (Phi) is 3.91. The highest BCUT2D eigenvalue weighted by Gasteiger charge is 2.09. The van der Waals surface area contributed by atoms with Crippen LogP contribution in [0, 0.1) is 6.92 Å². The summed E-state index contributed by atoms with van der Waals surface area (Å²) in [6, 6.07) is 11.4. The summed E-state index contributed by atoms with van der Waals surface area (Å²) in [5.41, 5.74) is 5.16. The lowest BCUT2D eigenvalue weighted by Crippen LogP contribution is -2.23. The molecule has 0 aliphatic heterocycles. The normalized spacial score (nSPS) is 11.1. The van der Waals surface area contributed by atoms with Gasteiger partial charge in [-0.1, -0.05) is 18.2 Å². The number of carbonyl (C=O) groups is 1. The largest absolute Gasteiger partial charge is 0.319 e. The number of para-hydroxylation sites is 2. The van der Waals surface area contributed by atoms with Crippen LogP contribution in [0.15, 0.2) is 53.9 Å². The van der Waals surface area contributed by atoms with Crippen LogP contribution in [0.25, 0.3) is 11.0 Å². The maximum Gasteiger partial charge on any atom is 0.260 e. The maximum atomic E-state index is 12.0. The molecule has 3 rings (SSSR count). The molecule has 3 aromatic rings. The molecule has 0 fully saturated rings. The summed E-state index contributed by atoms with van der Waals surface area (Å²) in [6.45, 7) is 2.06. The van der Waals surface area contributed by atoms with Gasteiger partial charge < -0.3 is 4.57 Å². The highest BCUT2D eigenvalue weighted by atomic mass is 16.2. The summed E-state index contributed by atoms with van der Waals surface area (Å²) >= 11 is 0. The number of hydrazone groups is 1. The molecule has 0 spiro atoms. The van der Waals surface area contributed by atoms with Crippen LogP contribution in [0.3, 0.4) is 0 Å². The van der Waals surface area contributed by atoms with Gasteiger partial charge in [-0.2, -0.15) is 5.10 Å². The van der Waals surface area contributed by atoms with E-state index in [-0.39, 0.29) is 12.5 Å². The van der Waals surface area contributed by atoms with Gasteiger partial charge in [0.15, 0.2) is 0 Å². The molecule has 1 aromatic carbocycles. The number of carbonyl (C=O) groups excluding carboxylic acids is 1. The van der Waals surface area contributed by atoms with E-state index in [0.29, 0.717) is 0 Å². The first kappa shape index (κ1) is 13.9. The van der Waals surface area contributed by atoms with Crippen molar-refractivity contribution < 1.29 is 4.79 Å². The van der Waals surface area contributed by atoms with Crippen molar-refractivity contribution in [3.8, 4) is 0 Å². The average molecular weight is 293 g/mol. The monoisotopic (exact) mass is 293 g/mol. The van der Waals surface area contributed by atoms with Crippen molar-refractivity contribution >= 4 is 23.2 Å². The fraction of sp³-hybridized carbons (Fsp3) is 0.125. The lowest BCUT2D eigenvalue weighted by molar-refractivity contribution is -0.121. The zero-order valence-corrected chi connectivity index (χ0v) is 12.1. The Labute approximate surface area is 127 Å². The fourth-order valence-electron chi connectivity index (χ4n) is 2.21. The molecule has 0 saturated heterocycles. The van der Waals surface area contributed by atoms with Gasteiger partial charge in [-0.25, -0.2) is 10.4 Å². The van der Waals surface area contributed by atoms with Crippen LogP contribution >= 0.6 is 0 Å². The highest BCUT2D eigenvalue weighted by Crippen LogP contribution is 2.14. The minimum Gasteiger partial charge on any atom is -0.319 e. The maximum absolute atomic E-state index is 12.0. The zero-order valence-electron chi connectivity index (χ0n) is 12.1. The lowest BCUT2D eigenvalue weighted by atomic mass is 10.3. The van der Waals surface area contributed by atoms with Crippen molar-refractivity contribution in [3.63, 3.8) is 0 Å². The number of pyridine rings is 1. The van der Waals surface area contributed by atoms with Crippen molar-refractivity contribution in [2.24, 2.45) is 5.10 Å². The van der Waals surface area contributed by atoms with Gasteiger partial charge in [0.2, 0.25) is 0 Å². The van der Waals surface area contributed by atoms with Gasteiger partial charge in [-0.15, -0.1) is 0 Å². The fourth-order valence-corrected chi connectivity index (χ4v) is 2.21. The number of aryl methyl sites for hydroxylation is 1. The first-order valence-electron chi connectivity index (χ1n) is 6.88. The predicted octanol–water partition coefficient (Wildman–Crippen LogP) is 1.89. The first-order valence-corrected chi connectivity index (χ1v) is 6.88. The van der Waals surface area contributed by atoms with Crippen LogP contribution in [-0.2, 0) is 11.3 Å². The van der Waals surface area contributed by atoms with E-state index in [4.69, 9.17) is 0 Å². The molecule has 0 atom stereocenters. The Hall–Kier alpha value is -3.02. The number of nitrogens with one attached hydrogen (secondary N) is 1. The second kappa shape index (κ2) is 6.17. The summed E-state index contributed by atoms with van der Waals surface area (Å²) in [7, 11) is 0. The van der Waals surface area contributed by atoms with Crippen molar-refractivity contribution in [2.45, 2.75) is 13.5 Å². The van der Waals surface area contributed by atoms with E-state index in [1.165, 1.54) is 0 Å². The van der Waals surface area contributed by atoms with Crippen molar-refractivity contribution in [3.05, 3.63) is 60.2 Å². The van der Waals surface area contributed by atoms with Crippen LogP contribution in [-0.4, -0.2) is 26.7 Å². The number of hydrogen-bond acceptors (Lipinski definition) is 4.